The zero-order valence-corrected chi connectivity index (χ0v) is 6.95. The van der Waals surface area contributed by atoms with Crippen molar-refractivity contribution in [2.45, 2.75) is 37.5 Å². The van der Waals surface area contributed by atoms with E-state index in [0.717, 1.165) is 12.8 Å². The highest BCUT2D eigenvalue weighted by atomic mass is 16.5. The van der Waals surface area contributed by atoms with E-state index in [-0.39, 0.29) is 12.5 Å². The number of hydrogen-bond donors (Lipinski definition) is 2. The number of ether oxygens (including phenoxy) is 1. The van der Waals surface area contributed by atoms with Crippen molar-refractivity contribution in [3.63, 3.8) is 0 Å². The van der Waals surface area contributed by atoms with Crippen LogP contribution in [0.4, 0.5) is 0 Å². The summed E-state index contributed by atoms with van der Waals surface area (Å²) in [4.78, 5) is 10.5. The van der Waals surface area contributed by atoms with Gasteiger partial charge in [0.25, 0.3) is 0 Å². The van der Waals surface area contributed by atoms with Gasteiger partial charge in [-0.25, -0.2) is 0 Å². The van der Waals surface area contributed by atoms with Gasteiger partial charge in [-0.1, -0.05) is 0 Å². The highest BCUT2D eigenvalue weighted by molar-refractivity contribution is 5.75. The Kier molecular flexibility index (Phi) is 2.02. The third kappa shape index (κ3) is 1.44. The Hall–Kier alpha value is -0.610. The number of carbonyl (C=O) groups excluding carboxylic acids is 1. The Bertz CT molecular complexity index is 195. The summed E-state index contributed by atoms with van der Waals surface area (Å²) in [5, 5.41) is 3.11. The van der Waals surface area contributed by atoms with Gasteiger partial charge in [-0.05, 0) is 19.3 Å². The molecule has 12 heavy (non-hydrogen) atoms. The Labute approximate surface area is 71.4 Å². The molecule has 0 aromatic heterocycles. The normalized spacial score (nSPS) is 38.8. The molecule has 0 saturated carbocycles. The minimum Gasteiger partial charge on any atom is -0.373 e. The van der Waals surface area contributed by atoms with Crippen LogP contribution in [0, 0.1) is 0 Å². The molecule has 2 rings (SSSR count). The van der Waals surface area contributed by atoms with Crippen molar-refractivity contribution in [1.29, 1.82) is 0 Å². The number of amides is 1. The molecular weight excluding hydrogens is 156 g/mol. The van der Waals surface area contributed by atoms with Crippen molar-refractivity contribution >= 4 is 5.91 Å². The van der Waals surface area contributed by atoms with Gasteiger partial charge < -0.3 is 15.8 Å². The van der Waals surface area contributed by atoms with Crippen molar-refractivity contribution in [2.75, 3.05) is 6.54 Å². The molecule has 1 amide bonds. The summed E-state index contributed by atoms with van der Waals surface area (Å²) in [7, 11) is 0. The molecule has 68 valence electrons. The van der Waals surface area contributed by atoms with Crippen molar-refractivity contribution in [1.82, 2.24) is 5.32 Å². The molecule has 2 aliphatic heterocycles. The maximum atomic E-state index is 10.5. The second-order valence-electron chi connectivity index (χ2n) is 3.56. The summed E-state index contributed by atoms with van der Waals surface area (Å²) in [6, 6.07) is 0.358. The van der Waals surface area contributed by atoms with Crippen molar-refractivity contribution in [3.8, 4) is 0 Å². The molecule has 0 aromatic carbocycles. The first kappa shape index (κ1) is 8.01. The summed E-state index contributed by atoms with van der Waals surface area (Å²) >= 11 is 0. The monoisotopic (exact) mass is 170 g/mol. The summed E-state index contributed by atoms with van der Waals surface area (Å²) in [5.74, 6) is -0.294. The lowest BCUT2D eigenvalue weighted by molar-refractivity contribution is -0.117. The van der Waals surface area contributed by atoms with Crippen LogP contribution in [0.1, 0.15) is 19.3 Å². The van der Waals surface area contributed by atoms with Crippen LogP contribution in [-0.4, -0.2) is 30.7 Å². The number of carbonyl (C=O) groups is 1. The number of nitrogens with two attached hydrogens (primary N) is 1. The number of hydrogen-bond acceptors (Lipinski definition) is 3. The molecule has 2 saturated heterocycles. The lowest BCUT2D eigenvalue weighted by atomic mass is 9.95. The Morgan fingerprint density at radius 1 is 1.58 bits per heavy atom. The van der Waals surface area contributed by atoms with Gasteiger partial charge in [0.15, 0.2) is 0 Å². The molecule has 3 atom stereocenters. The Morgan fingerprint density at radius 2 is 2.42 bits per heavy atom. The zero-order valence-electron chi connectivity index (χ0n) is 6.95. The van der Waals surface area contributed by atoms with E-state index in [0.29, 0.717) is 18.2 Å². The number of primary amides is 1. The van der Waals surface area contributed by atoms with Gasteiger partial charge in [-0.3, -0.25) is 4.79 Å². The Balaban J connectivity index is 1.79. The third-order valence-electron chi connectivity index (χ3n) is 2.64. The van der Waals surface area contributed by atoms with E-state index < -0.39 is 0 Å². The van der Waals surface area contributed by atoms with Gasteiger partial charge >= 0.3 is 0 Å². The average Bonchev–Trinajstić information content (AvgIpc) is 2.60. The van der Waals surface area contributed by atoms with Crippen LogP contribution in [0.2, 0.25) is 0 Å². The van der Waals surface area contributed by atoms with E-state index in [2.05, 4.69) is 5.32 Å². The maximum absolute atomic E-state index is 10.5. The summed E-state index contributed by atoms with van der Waals surface area (Å²) in [6.07, 6.45) is 4.10. The Morgan fingerprint density at radius 3 is 2.92 bits per heavy atom. The van der Waals surface area contributed by atoms with Crippen LogP contribution in [0.15, 0.2) is 0 Å². The highest BCUT2D eigenvalue weighted by Gasteiger charge is 2.40. The fourth-order valence-electron chi connectivity index (χ4n) is 2.08. The minimum absolute atomic E-state index is 0.275. The predicted octanol–water partition coefficient (Wildman–Crippen LogP) is -0.619. The molecule has 2 bridgehead atoms. The van der Waals surface area contributed by atoms with Crippen LogP contribution in [-0.2, 0) is 9.53 Å². The van der Waals surface area contributed by atoms with Gasteiger partial charge in [-0.15, -0.1) is 0 Å². The molecule has 0 radical (unpaired) electrons. The van der Waals surface area contributed by atoms with Crippen LogP contribution < -0.4 is 11.1 Å². The summed E-state index contributed by atoms with van der Waals surface area (Å²) in [5.41, 5.74) is 5.03. The average molecular weight is 170 g/mol. The number of rotatable bonds is 3. The van der Waals surface area contributed by atoms with Gasteiger partial charge in [0.05, 0.1) is 18.8 Å². The summed E-state index contributed by atoms with van der Waals surface area (Å²) in [6.45, 7) is 0.275. The second-order valence-corrected chi connectivity index (χ2v) is 3.56. The van der Waals surface area contributed by atoms with Crippen molar-refractivity contribution in [3.05, 3.63) is 0 Å². The van der Waals surface area contributed by atoms with Crippen LogP contribution in [0.3, 0.4) is 0 Å². The molecule has 3 unspecified atom stereocenters. The molecule has 0 spiro atoms. The largest absolute Gasteiger partial charge is 0.373 e. The van der Waals surface area contributed by atoms with E-state index in [1.54, 1.807) is 0 Å². The van der Waals surface area contributed by atoms with E-state index in [4.69, 9.17) is 10.5 Å². The lowest BCUT2D eigenvalue weighted by Gasteiger charge is -2.18. The first-order chi connectivity index (χ1) is 5.75. The topological polar surface area (TPSA) is 64.4 Å². The second kappa shape index (κ2) is 3.03. The fraction of sp³-hybridized carbons (Fsp3) is 0.875. The molecule has 2 heterocycles. The van der Waals surface area contributed by atoms with E-state index in [1.807, 2.05) is 0 Å². The molecule has 2 aliphatic rings. The molecule has 2 fully saturated rings. The van der Waals surface area contributed by atoms with Gasteiger partial charge in [0.1, 0.15) is 0 Å². The lowest BCUT2D eigenvalue weighted by Crippen LogP contribution is -2.42. The van der Waals surface area contributed by atoms with Gasteiger partial charge in [0.2, 0.25) is 5.91 Å². The molecular formula is C8H14N2O2. The fourth-order valence-corrected chi connectivity index (χ4v) is 2.08. The summed E-state index contributed by atoms with van der Waals surface area (Å²) < 4.78 is 5.60. The maximum Gasteiger partial charge on any atom is 0.231 e. The smallest absolute Gasteiger partial charge is 0.231 e. The minimum atomic E-state index is -0.294. The standard InChI is InChI=1S/C8H14N2O2/c9-8(11)4-10-6-3-5-1-2-7(6)12-5/h5-7,10H,1-4H2,(H2,9,11). The SMILES string of the molecule is NC(=O)CNC1CC2CCC1O2. The molecule has 0 aliphatic carbocycles. The predicted molar refractivity (Wildman–Crippen MR) is 43.5 cm³/mol. The van der Waals surface area contributed by atoms with E-state index in [1.165, 1.54) is 6.42 Å². The van der Waals surface area contributed by atoms with Gasteiger partial charge in [0, 0.05) is 6.04 Å². The number of fused-ring (bicyclic) bond motifs is 2. The van der Waals surface area contributed by atoms with Gasteiger partial charge in [-0.2, -0.15) is 0 Å². The van der Waals surface area contributed by atoms with Crippen molar-refractivity contribution < 1.29 is 9.53 Å². The third-order valence-corrected chi connectivity index (χ3v) is 2.64. The van der Waals surface area contributed by atoms with Crippen LogP contribution >= 0.6 is 0 Å². The molecule has 0 aromatic rings. The first-order valence-corrected chi connectivity index (χ1v) is 4.43. The zero-order chi connectivity index (χ0) is 8.55. The molecule has 4 nitrogen and oxygen atoms in total. The first-order valence-electron chi connectivity index (χ1n) is 4.43. The molecule has 4 heteroatoms. The van der Waals surface area contributed by atoms with Crippen LogP contribution in [0.5, 0.6) is 0 Å². The molecule has 3 N–H and O–H groups in total. The highest BCUT2D eigenvalue weighted by Crippen LogP contribution is 2.34. The van der Waals surface area contributed by atoms with E-state index in [9.17, 15) is 4.79 Å². The van der Waals surface area contributed by atoms with Crippen molar-refractivity contribution in [2.24, 2.45) is 5.73 Å². The quantitative estimate of drug-likeness (QED) is 0.593. The van der Waals surface area contributed by atoms with E-state index >= 15 is 0 Å². The number of nitrogens with one attached hydrogen (secondary N) is 1. The van der Waals surface area contributed by atoms with Crippen LogP contribution in [0.25, 0.3) is 0 Å².